The molecule has 2 nitrogen and oxygen atoms in total. The van der Waals surface area contributed by atoms with Crippen LogP contribution in [-0.4, -0.2) is 9.97 Å². The van der Waals surface area contributed by atoms with Crippen molar-refractivity contribution in [2.45, 2.75) is 44.0 Å². The van der Waals surface area contributed by atoms with E-state index < -0.39 is 74.9 Å². The molecule has 2 aromatic heterocycles. The van der Waals surface area contributed by atoms with Gasteiger partial charge in [0, 0.05) is 16.8 Å². The van der Waals surface area contributed by atoms with Gasteiger partial charge in [-0.25, -0.2) is 0 Å². The first kappa shape index (κ1) is 35.1. The number of hydrogen-bond donors (Lipinski definition) is 0. The fraction of sp³-hybridized carbons (Fsp3) is 0.241. The standard InChI is InChI=1S/C29H16F12N2.Pt/c1-25(2,21-13-5-11-19(42-21)15-7-3-9-17(26(30,31)32)23(15)28(36,37)38)22-14-6-12-20(43-22)16-8-4-10-18(27(33,34)35)24(16)29(39,40)41;/h3-6,9-14H,1-2H3;/q-2;+2. The topological polar surface area (TPSA) is 25.8 Å². The monoisotopic (exact) mass is 815 g/mol. The summed E-state index contributed by atoms with van der Waals surface area (Å²) in [6.07, 6.45) is -21.6. The van der Waals surface area contributed by atoms with Gasteiger partial charge in [0.2, 0.25) is 0 Å². The van der Waals surface area contributed by atoms with Gasteiger partial charge in [0.05, 0.1) is 0 Å². The average Bonchev–Trinajstić information content (AvgIpc) is 2.90. The van der Waals surface area contributed by atoms with Crippen molar-refractivity contribution in [1.82, 2.24) is 9.97 Å². The zero-order valence-electron chi connectivity index (χ0n) is 22.0. The van der Waals surface area contributed by atoms with Crippen LogP contribution in [0.1, 0.15) is 47.5 Å². The van der Waals surface area contributed by atoms with Crippen molar-refractivity contribution in [2.24, 2.45) is 0 Å². The average molecular weight is 816 g/mol. The summed E-state index contributed by atoms with van der Waals surface area (Å²) in [6.45, 7) is 2.85. The fourth-order valence-electron chi connectivity index (χ4n) is 4.44. The maximum atomic E-state index is 13.8. The Morgan fingerprint density at radius 3 is 1.14 bits per heavy atom. The van der Waals surface area contributed by atoms with E-state index in [4.69, 9.17) is 0 Å². The molecule has 15 heteroatoms. The van der Waals surface area contributed by atoms with Crippen molar-refractivity contribution >= 4 is 0 Å². The predicted octanol–water partition coefficient (Wildman–Crippen LogP) is 9.81. The molecule has 0 aliphatic heterocycles. The van der Waals surface area contributed by atoms with Crippen molar-refractivity contribution in [3.63, 3.8) is 0 Å². The molecular weight excluding hydrogens is 799 g/mol. The molecule has 0 aliphatic carbocycles. The first-order valence-corrected chi connectivity index (χ1v) is 12.0. The number of hydrogen-bond acceptors (Lipinski definition) is 2. The molecule has 0 fully saturated rings. The van der Waals surface area contributed by atoms with E-state index in [2.05, 4.69) is 22.1 Å². The van der Waals surface area contributed by atoms with Gasteiger partial charge in [-0.2, -0.15) is 52.7 Å². The van der Waals surface area contributed by atoms with Crippen molar-refractivity contribution in [3.8, 4) is 22.5 Å². The van der Waals surface area contributed by atoms with Gasteiger partial charge < -0.3 is 9.97 Å². The fourth-order valence-corrected chi connectivity index (χ4v) is 4.44. The van der Waals surface area contributed by atoms with Crippen LogP contribution in [0.3, 0.4) is 0 Å². The van der Waals surface area contributed by atoms with Crippen molar-refractivity contribution in [3.05, 3.63) is 106 Å². The maximum Gasteiger partial charge on any atom is 2.00 e. The first-order chi connectivity index (χ1) is 19.6. The molecule has 0 saturated carbocycles. The van der Waals surface area contributed by atoms with Gasteiger partial charge in [0.1, 0.15) is 0 Å². The Morgan fingerprint density at radius 1 is 0.500 bits per heavy atom. The van der Waals surface area contributed by atoms with Crippen LogP contribution >= 0.6 is 0 Å². The summed E-state index contributed by atoms with van der Waals surface area (Å²) in [5.74, 6) is 0. The number of rotatable bonds is 4. The van der Waals surface area contributed by atoms with Crippen LogP contribution in [0.5, 0.6) is 0 Å². The Hall–Kier alpha value is -3.41. The number of pyridine rings is 2. The molecular formula is C29H16F12N2Pt. The normalized spacial score (nSPS) is 13.0. The van der Waals surface area contributed by atoms with Gasteiger partial charge in [0.15, 0.2) is 0 Å². The van der Waals surface area contributed by atoms with E-state index in [0.717, 1.165) is 12.1 Å². The van der Waals surface area contributed by atoms with Gasteiger partial charge in [-0.05, 0) is 59.6 Å². The molecule has 0 radical (unpaired) electrons. The van der Waals surface area contributed by atoms with Gasteiger partial charge in [-0.15, -0.1) is 47.5 Å². The van der Waals surface area contributed by atoms with Gasteiger partial charge in [-0.3, -0.25) is 0 Å². The molecule has 2 heterocycles. The third-order valence-electron chi connectivity index (χ3n) is 6.46. The van der Waals surface area contributed by atoms with Crippen molar-refractivity contribution < 1.29 is 73.8 Å². The molecule has 0 amide bonds. The summed E-state index contributed by atoms with van der Waals surface area (Å²) in [4.78, 5) is 8.24. The Bertz CT molecular complexity index is 1530. The molecule has 4 aromatic rings. The minimum atomic E-state index is -5.45. The minimum absolute atomic E-state index is 0. The molecule has 44 heavy (non-hydrogen) atoms. The van der Waals surface area contributed by atoms with E-state index in [1.165, 1.54) is 38.1 Å². The van der Waals surface area contributed by atoms with E-state index in [0.29, 0.717) is 12.1 Å². The molecule has 236 valence electrons. The zero-order valence-corrected chi connectivity index (χ0v) is 24.3. The van der Waals surface area contributed by atoms with E-state index >= 15 is 0 Å². The second-order valence-corrected chi connectivity index (χ2v) is 9.71. The van der Waals surface area contributed by atoms with Crippen LogP contribution in [0.15, 0.2) is 60.7 Å². The van der Waals surface area contributed by atoms with Crippen LogP contribution in [0.25, 0.3) is 22.5 Å². The number of halogens is 12. The molecule has 4 rings (SSSR count). The van der Waals surface area contributed by atoms with Crippen LogP contribution < -0.4 is 0 Å². The summed E-state index contributed by atoms with van der Waals surface area (Å²) < 4.78 is 164. The Balaban J connectivity index is 0.00000529. The smallest absolute Gasteiger partial charge is 0.300 e. The minimum Gasteiger partial charge on any atom is -0.300 e. The number of benzene rings is 2. The van der Waals surface area contributed by atoms with E-state index in [-0.39, 0.29) is 44.6 Å². The zero-order chi connectivity index (χ0) is 32.2. The Kier molecular flexibility index (Phi) is 9.43. The molecule has 0 spiro atoms. The third-order valence-corrected chi connectivity index (χ3v) is 6.46. The Labute approximate surface area is 256 Å². The van der Waals surface area contributed by atoms with Gasteiger partial charge >= 0.3 is 45.8 Å². The van der Waals surface area contributed by atoms with Gasteiger partial charge in [0.25, 0.3) is 0 Å². The van der Waals surface area contributed by atoms with E-state index in [1.807, 2.05) is 0 Å². The largest absolute Gasteiger partial charge is 2.00 e. The van der Waals surface area contributed by atoms with E-state index in [1.54, 1.807) is 0 Å². The summed E-state index contributed by atoms with van der Waals surface area (Å²) in [5.41, 5.74) is -12.5. The van der Waals surface area contributed by atoms with Crippen molar-refractivity contribution in [2.75, 3.05) is 0 Å². The molecule has 0 bridgehead atoms. The third kappa shape index (κ3) is 6.95. The predicted molar refractivity (Wildman–Crippen MR) is 129 cm³/mol. The number of nitrogens with zero attached hydrogens (tertiary/aromatic N) is 2. The first-order valence-electron chi connectivity index (χ1n) is 12.0. The van der Waals surface area contributed by atoms with Crippen LogP contribution in [0.4, 0.5) is 52.7 Å². The number of alkyl halides is 12. The van der Waals surface area contributed by atoms with Crippen LogP contribution in [0.2, 0.25) is 0 Å². The SMILES string of the molecule is CC(C)(c1cccc(-c2[c-]ccc(C(F)(F)F)c2C(F)(F)F)n1)c1cccc(-c2[c-]ccc(C(F)(F)F)c2C(F)(F)F)n1.[Pt+2]. The number of aromatic nitrogens is 2. The van der Waals surface area contributed by atoms with Crippen molar-refractivity contribution in [1.29, 1.82) is 0 Å². The molecule has 0 N–H and O–H groups in total. The van der Waals surface area contributed by atoms with Crippen LogP contribution in [0, 0.1) is 12.1 Å². The van der Waals surface area contributed by atoms with Gasteiger partial charge in [-0.1, -0.05) is 24.3 Å². The molecule has 0 saturated heterocycles. The van der Waals surface area contributed by atoms with Crippen LogP contribution in [-0.2, 0) is 51.2 Å². The maximum absolute atomic E-state index is 13.8. The molecule has 0 unspecified atom stereocenters. The summed E-state index contributed by atoms with van der Waals surface area (Å²) in [7, 11) is 0. The Morgan fingerprint density at radius 2 is 0.841 bits per heavy atom. The second-order valence-electron chi connectivity index (χ2n) is 9.71. The summed E-state index contributed by atoms with van der Waals surface area (Å²) >= 11 is 0. The summed E-state index contributed by atoms with van der Waals surface area (Å²) in [6, 6.07) is 13.2. The molecule has 2 aromatic carbocycles. The quantitative estimate of drug-likeness (QED) is 0.152. The molecule has 0 atom stereocenters. The van der Waals surface area contributed by atoms with E-state index in [9.17, 15) is 52.7 Å². The second kappa shape index (κ2) is 11.8. The summed E-state index contributed by atoms with van der Waals surface area (Å²) in [5, 5.41) is 0. The molecule has 0 aliphatic rings.